The van der Waals surface area contributed by atoms with Gasteiger partial charge in [0.1, 0.15) is 22.3 Å². The first-order chi connectivity index (χ1) is 31.2. The molecule has 2 heterocycles. The fraction of sp³-hybridized carbons (Fsp3) is 0. The molecule has 0 N–H and O–H groups in total. The predicted molar refractivity (Wildman–Crippen MR) is 263 cm³/mol. The second-order valence-corrected chi connectivity index (χ2v) is 16.1. The second-order valence-electron chi connectivity index (χ2n) is 16.1. The highest BCUT2D eigenvalue weighted by atomic mass is 16.3. The highest BCUT2D eigenvalue weighted by Gasteiger charge is 2.17. The molecule has 296 valence electrons. The van der Waals surface area contributed by atoms with Gasteiger partial charge in [0.2, 0.25) is 0 Å². The van der Waals surface area contributed by atoms with Crippen LogP contribution < -0.4 is 4.90 Å². The lowest BCUT2D eigenvalue weighted by Gasteiger charge is -2.26. The standard InChI is InChI=1S/C60H39NO2/c1-3-10-40(11-4-1)41-18-20-42(21-19-41)43-22-30-49(31-23-43)61(50-32-24-44(25-33-50)47-28-36-58-55(38-47)53-14-7-8-17-57(53)62-58)51-34-26-45(27-35-51)48-29-37-59-56(39-48)54-16-9-15-52(60(54)63-59)46-12-5-2-6-13-46/h1-39H. The maximum atomic E-state index is 6.50. The Morgan fingerprint density at radius 2 is 0.619 bits per heavy atom. The zero-order valence-corrected chi connectivity index (χ0v) is 34.3. The van der Waals surface area contributed by atoms with Crippen LogP contribution in [0.25, 0.3) is 99.5 Å². The summed E-state index contributed by atoms with van der Waals surface area (Å²) in [5, 5.41) is 4.49. The number of furan rings is 2. The Balaban J connectivity index is 0.895. The lowest BCUT2D eigenvalue weighted by Crippen LogP contribution is -2.09. The number of hydrogen-bond acceptors (Lipinski definition) is 3. The van der Waals surface area contributed by atoms with Gasteiger partial charge in [0.05, 0.1) is 0 Å². The van der Waals surface area contributed by atoms with Crippen LogP contribution in [0.3, 0.4) is 0 Å². The van der Waals surface area contributed by atoms with Crippen LogP contribution in [0.1, 0.15) is 0 Å². The SMILES string of the molecule is c1ccc(-c2ccc(-c3ccc(N(c4ccc(-c5ccc6oc7ccccc7c6c5)cc4)c4ccc(-c5ccc6oc7c(-c8ccccc8)cccc7c6c5)cc4)cc3)cc2)cc1. The average Bonchev–Trinajstić information content (AvgIpc) is 3.93. The zero-order chi connectivity index (χ0) is 41.7. The molecule has 0 aliphatic carbocycles. The molecule has 0 radical (unpaired) electrons. The summed E-state index contributed by atoms with van der Waals surface area (Å²) >= 11 is 0. The van der Waals surface area contributed by atoms with Crippen LogP contribution in [0, 0.1) is 0 Å². The van der Waals surface area contributed by atoms with Gasteiger partial charge in [-0.1, -0.05) is 170 Å². The summed E-state index contributed by atoms with van der Waals surface area (Å²) in [5.74, 6) is 0. The summed E-state index contributed by atoms with van der Waals surface area (Å²) in [6, 6.07) is 84.1. The molecule has 2 aromatic heterocycles. The molecule has 0 saturated heterocycles. The number of nitrogens with zero attached hydrogens (tertiary/aromatic N) is 1. The number of hydrogen-bond donors (Lipinski definition) is 0. The molecule has 12 rings (SSSR count). The molecule has 0 saturated carbocycles. The molecule has 3 heteroatoms. The van der Waals surface area contributed by atoms with Gasteiger partial charge in [-0.15, -0.1) is 0 Å². The minimum absolute atomic E-state index is 0.886. The summed E-state index contributed by atoms with van der Waals surface area (Å²) in [4.78, 5) is 2.33. The third-order valence-electron chi connectivity index (χ3n) is 12.3. The van der Waals surface area contributed by atoms with Crippen molar-refractivity contribution in [3.05, 3.63) is 237 Å². The van der Waals surface area contributed by atoms with Crippen LogP contribution in [0.5, 0.6) is 0 Å². The van der Waals surface area contributed by atoms with Gasteiger partial charge in [-0.2, -0.15) is 0 Å². The van der Waals surface area contributed by atoms with Crippen molar-refractivity contribution >= 4 is 60.9 Å². The van der Waals surface area contributed by atoms with Gasteiger partial charge in [0, 0.05) is 44.2 Å². The molecule has 12 aromatic rings. The van der Waals surface area contributed by atoms with E-state index >= 15 is 0 Å². The predicted octanol–water partition coefficient (Wildman–Crippen LogP) is 17.3. The highest BCUT2D eigenvalue weighted by molar-refractivity contribution is 6.11. The molecule has 0 atom stereocenters. The van der Waals surface area contributed by atoms with Crippen molar-refractivity contribution in [3.8, 4) is 55.6 Å². The molecule has 0 unspecified atom stereocenters. The number of benzene rings is 10. The van der Waals surface area contributed by atoms with Gasteiger partial charge >= 0.3 is 0 Å². The number of fused-ring (bicyclic) bond motifs is 6. The fourth-order valence-corrected chi connectivity index (χ4v) is 9.07. The zero-order valence-electron chi connectivity index (χ0n) is 34.3. The Bertz CT molecular complexity index is 3570. The van der Waals surface area contributed by atoms with E-state index in [0.717, 1.165) is 94.3 Å². The maximum Gasteiger partial charge on any atom is 0.143 e. The minimum atomic E-state index is 0.886. The average molecular weight is 806 g/mol. The van der Waals surface area contributed by atoms with Crippen molar-refractivity contribution in [2.24, 2.45) is 0 Å². The van der Waals surface area contributed by atoms with Gasteiger partial charge < -0.3 is 13.7 Å². The largest absolute Gasteiger partial charge is 0.456 e. The van der Waals surface area contributed by atoms with E-state index in [1.807, 2.05) is 18.2 Å². The smallest absolute Gasteiger partial charge is 0.143 e. The van der Waals surface area contributed by atoms with Gasteiger partial charge in [-0.3, -0.25) is 0 Å². The van der Waals surface area contributed by atoms with Crippen molar-refractivity contribution in [1.29, 1.82) is 0 Å². The van der Waals surface area contributed by atoms with Crippen molar-refractivity contribution < 1.29 is 8.83 Å². The van der Waals surface area contributed by atoms with Crippen LogP contribution in [-0.2, 0) is 0 Å². The summed E-state index contributed by atoms with van der Waals surface area (Å²) in [5.41, 5.74) is 18.4. The van der Waals surface area contributed by atoms with E-state index in [1.165, 1.54) is 22.3 Å². The van der Waals surface area contributed by atoms with Gasteiger partial charge in [0.15, 0.2) is 0 Å². The molecule has 10 aromatic carbocycles. The first-order valence-electron chi connectivity index (χ1n) is 21.4. The van der Waals surface area contributed by atoms with Crippen LogP contribution in [0.4, 0.5) is 17.1 Å². The fourth-order valence-electron chi connectivity index (χ4n) is 9.07. The second kappa shape index (κ2) is 15.3. The van der Waals surface area contributed by atoms with E-state index < -0.39 is 0 Å². The van der Waals surface area contributed by atoms with E-state index in [0.29, 0.717) is 0 Å². The topological polar surface area (TPSA) is 29.5 Å². The molecular weight excluding hydrogens is 767 g/mol. The third-order valence-corrected chi connectivity index (χ3v) is 12.3. The highest BCUT2D eigenvalue weighted by Crippen LogP contribution is 2.41. The summed E-state index contributed by atoms with van der Waals surface area (Å²) in [6.45, 7) is 0. The van der Waals surface area contributed by atoms with Crippen LogP contribution in [0.15, 0.2) is 245 Å². The number of anilines is 3. The van der Waals surface area contributed by atoms with Gasteiger partial charge in [0.25, 0.3) is 0 Å². The number of para-hydroxylation sites is 2. The van der Waals surface area contributed by atoms with E-state index in [1.54, 1.807) is 0 Å². The van der Waals surface area contributed by atoms with Crippen molar-refractivity contribution in [2.75, 3.05) is 4.90 Å². The Kier molecular flexibility index (Phi) is 8.83. The Hall–Kier alpha value is -8.40. The number of rotatable bonds is 8. The first-order valence-corrected chi connectivity index (χ1v) is 21.4. The minimum Gasteiger partial charge on any atom is -0.456 e. The summed E-state index contributed by atoms with van der Waals surface area (Å²) < 4.78 is 12.6. The molecule has 63 heavy (non-hydrogen) atoms. The van der Waals surface area contributed by atoms with E-state index in [-0.39, 0.29) is 0 Å². The molecule has 0 bridgehead atoms. The maximum absolute atomic E-state index is 6.50. The van der Waals surface area contributed by atoms with E-state index in [9.17, 15) is 0 Å². The van der Waals surface area contributed by atoms with Crippen LogP contribution in [-0.4, -0.2) is 0 Å². The van der Waals surface area contributed by atoms with Crippen molar-refractivity contribution in [1.82, 2.24) is 0 Å². The van der Waals surface area contributed by atoms with Gasteiger partial charge in [-0.25, -0.2) is 0 Å². The van der Waals surface area contributed by atoms with Crippen LogP contribution in [0.2, 0.25) is 0 Å². The van der Waals surface area contributed by atoms with E-state index in [2.05, 4.69) is 223 Å². The summed E-state index contributed by atoms with van der Waals surface area (Å²) in [7, 11) is 0. The van der Waals surface area contributed by atoms with Crippen molar-refractivity contribution in [3.63, 3.8) is 0 Å². The van der Waals surface area contributed by atoms with Crippen LogP contribution >= 0.6 is 0 Å². The molecule has 0 fully saturated rings. The quantitative estimate of drug-likeness (QED) is 0.153. The summed E-state index contributed by atoms with van der Waals surface area (Å²) in [6.07, 6.45) is 0. The Morgan fingerprint density at radius 3 is 1.17 bits per heavy atom. The van der Waals surface area contributed by atoms with Gasteiger partial charge in [-0.05, 0) is 117 Å². The molecule has 0 amide bonds. The molecule has 0 aliphatic heterocycles. The lowest BCUT2D eigenvalue weighted by atomic mass is 9.99. The molecule has 3 nitrogen and oxygen atoms in total. The molecule has 0 aliphatic rings. The normalized spacial score (nSPS) is 11.5. The Labute approximate surface area is 365 Å². The van der Waals surface area contributed by atoms with E-state index in [4.69, 9.17) is 8.83 Å². The van der Waals surface area contributed by atoms with Crippen molar-refractivity contribution in [2.45, 2.75) is 0 Å². The Morgan fingerprint density at radius 1 is 0.238 bits per heavy atom. The lowest BCUT2D eigenvalue weighted by molar-refractivity contribution is 0.669. The first kappa shape index (κ1) is 36.5. The monoisotopic (exact) mass is 805 g/mol. The third kappa shape index (κ3) is 6.64. The molecule has 0 spiro atoms. The molecular formula is C60H39NO2.